The van der Waals surface area contributed by atoms with Crippen molar-refractivity contribution in [3.63, 3.8) is 0 Å². The van der Waals surface area contributed by atoms with Crippen LogP contribution in [0, 0.1) is 34.5 Å². The number of fused-ring (bicyclic) bond motifs is 5. The summed E-state index contributed by atoms with van der Waals surface area (Å²) in [6, 6.07) is 0. The summed E-state index contributed by atoms with van der Waals surface area (Å²) >= 11 is 0. The molecule has 0 heterocycles. The van der Waals surface area contributed by atoms with Crippen LogP contribution < -0.4 is 0 Å². The Morgan fingerprint density at radius 3 is 2.62 bits per heavy atom. The van der Waals surface area contributed by atoms with Crippen LogP contribution in [0.3, 0.4) is 0 Å². The van der Waals surface area contributed by atoms with E-state index in [1.165, 1.54) is 5.57 Å². The Labute approximate surface area is 156 Å². The standard InChI is InChI=1S/C22H32O4/c1-13-10-18-16-5-4-14-11-15(24)6-8-20(14,2)17(16)7-9-21(18,3)22(13,26)19(25)12-23/h11,13,16-18,23,26H,4-10,12H2,1-3H3/t13-,16-,17+,18+,20+,21+,22-/m1/s1. The van der Waals surface area contributed by atoms with Crippen molar-refractivity contribution in [2.75, 3.05) is 6.61 Å². The van der Waals surface area contributed by atoms with Crippen LogP contribution in [0.25, 0.3) is 0 Å². The molecule has 0 aromatic carbocycles. The van der Waals surface area contributed by atoms with E-state index in [0.717, 1.165) is 38.5 Å². The first kappa shape index (κ1) is 18.4. The monoisotopic (exact) mass is 360 g/mol. The largest absolute Gasteiger partial charge is 0.388 e. The molecule has 4 rings (SSSR count). The third kappa shape index (κ3) is 2.09. The minimum absolute atomic E-state index is 0.100. The average Bonchev–Trinajstić information content (AvgIpc) is 2.83. The molecule has 0 amide bonds. The van der Waals surface area contributed by atoms with Crippen molar-refractivity contribution in [2.24, 2.45) is 34.5 Å². The molecular weight excluding hydrogens is 328 g/mol. The Bertz CT molecular complexity index is 682. The fourth-order valence-electron chi connectivity index (χ4n) is 7.62. The Morgan fingerprint density at radius 2 is 1.92 bits per heavy atom. The lowest BCUT2D eigenvalue weighted by molar-refractivity contribution is -0.170. The van der Waals surface area contributed by atoms with Gasteiger partial charge in [-0.05, 0) is 73.7 Å². The quantitative estimate of drug-likeness (QED) is 0.794. The van der Waals surface area contributed by atoms with Gasteiger partial charge < -0.3 is 10.2 Å². The SMILES string of the molecule is C[C@@H]1C[C@H]2[C@@H]3CCC4=CC(=O)CC[C@]4(C)[C@H]3CC[C@]2(C)[C@]1(O)C(=O)CO. The topological polar surface area (TPSA) is 74.6 Å². The number of hydrogen-bond donors (Lipinski definition) is 2. The summed E-state index contributed by atoms with van der Waals surface area (Å²) in [5, 5.41) is 20.9. The van der Waals surface area contributed by atoms with Gasteiger partial charge in [-0.1, -0.05) is 26.3 Å². The molecule has 26 heavy (non-hydrogen) atoms. The Balaban J connectivity index is 1.71. The summed E-state index contributed by atoms with van der Waals surface area (Å²) in [6.45, 7) is 5.82. The summed E-state index contributed by atoms with van der Waals surface area (Å²) in [6.07, 6.45) is 8.19. The molecule has 0 unspecified atom stereocenters. The van der Waals surface area contributed by atoms with E-state index in [4.69, 9.17) is 0 Å². The molecule has 0 aliphatic heterocycles. The molecule has 0 radical (unpaired) electrons. The van der Waals surface area contributed by atoms with Crippen LogP contribution >= 0.6 is 0 Å². The predicted octanol–water partition coefficient (Wildman–Crippen LogP) is 3.06. The maximum atomic E-state index is 12.5. The van der Waals surface area contributed by atoms with Crippen molar-refractivity contribution in [1.82, 2.24) is 0 Å². The minimum Gasteiger partial charge on any atom is -0.388 e. The molecule has 2 N–H and O–H groups in total. The molecule has 3 fully saturated rings. The lowest BCUT2D eigenvalue weighted by Crippen LogP contribution is -2.59. The van der Waals surface area contributed by atoms with E-state index < -0.39 is 23.4 Å². The predicted molar refractivity (Wildman–Crippen MR) is 98.3 cm³/mol. The Kier molecular flexibility index (Phi) is 4.06. The van der Waals surface area contributed by atoms with Crippen LogP contribution in [0.4, 0.5) is 0 Å². The molecule has 0 spiro atoms. The zero-order chi connectivity index (χ0) is 18.9. The maximum Gasteiger partial charge on any atom is 0.190 e. The van der Waals surface area contributed by atoms with Crippen LogP contribution in [0.15, 0.2) is 11.6 Å². The molecular formula is C22H32O4. The van der Waals surface area contributed by atoms with Gasteiger partial charge in [0.15, 0.2) is 11.6 Å². The Morgan fingerprint density at radius 1 is 1.19 bits per heavy atom. The number of aliphatic hydroxyl groups excluding tert-OH is 1. The summed E-state index contributed by atoms with van der Waals surface area (Å²) in [7, 11) is 0. The molecule has 3 saturated carbocycles. The molecule has 4 heteroatoms. The number of carbonyl (C=O) groups excluding carboxylic acids is 2. The third-order valence-corrected chi connectivity index (χ3v) is 9.11. The maximum absolute atomic E-state index is 12.5. The van der Waals surface area contributed by atoms with E-state index in [0.29, 0.717) is 24.2 Å². The second-order valence-corrected chi connectivity index (χ2v) is 9.91. The van der Waals surface area contributed by atoms with Crippen LogP contribution in [-0.4, -0.2) is 34.0 Å². The number of Topliss-reactive ketones (excluding diaryl/α,β-unsaturated/α-hetero) is 1. The fraction of sp³-hybridized carbons (Fsp3) is 0.818. The van der Waals surface area contributed by atoms with E-state index in [-0.39, 0.29) is 17.1 Å². The summed E-state index contributed by atoms with van der Waals surface area (Å²) in [5.74, 6) is 1.09. The summed E-state index contributed by atoms with van der Waals surface area (Å²) in [4.78, 5) is 24.5. The second kappa shape index (κ2) is 5.75. The number of rotatable bonds is 2. The molecule has 4 aliphatic carbocycles. The van der Waals surface area contributed by atoms with Crippen LogP contribution in [0.1, 0.15) is 65.7 Å². The summed E-state index contributed by atoms with van der Waals surface area (Å²) < 4.78 is 0. The number of ketones is 2. The molecule has 0 aromatic heterocycles. The van der Waals surface area contributed by atoms with Gasteiger partial charge >= 0.3 is 0 Å². The highest BCUT2D eigenvalue weighted by Crippen LogP contribution is 2.68. The zero-order valence-electron chi connectivity index (χ0n) is 16.3. The van der Waals surface area contributed by atoms with Crippen molar-refractivity contribution >= 4 is 11.6 Å². The molecule has 7 atom stereocenters. The first-order chi connectivity index (χ1) is 12.2. The lowest BCUT2D eigenvalue weighted by atomic mass is 9.46. The van der Waals surface area contributed by atoms with Gasteiger partial charge in [0.05, 0.1) is 0 Å². The van der Waals surface area contributed by atoms with Gasteiger partial charge in [-0.3, -0.25) is 9.59 Å². The van der Waals surface area contributed by atoms with E-state index in [2.05, 4.69) is 13.8 Å². The lowest BCUT2D eigenvalue weighted by Gasteiger charge is -2.59. The van der Waals surface area contributed by atoms with Crippen molar-refractivity contribution in [3.8, 4) is 0 Å². The average molecular weight is 360 g/mol. The molecule has 0 aromatic rings. The van der Waals surface area contributed by atoms with Gasteiger partial charge in [0.2, 0.25) is 0 Å². The van der Waals surface area contributed by atoms with E-state index >= 15 is 0 Å². The first-order valence-corrected chi connectivity index (χ1v) is 10.3. The molecule has 4 aliphatic rings. The van der Waals surface area contributed by atoms with Gasteiger partial charge in [0, 0.05) is 11.8 Å². The van der Waals surface area contributed by atoms with Crippen molar-refractivity contribution in [1.29, 1.82) is 0 Å². The Hall–Kier alpha value is -1.00. The van der Waals surface area contributed by atoms with Crippen LogP contribution in [0.2, 0.25) is 0 Å². The van der Waals surface area contributed by atoms with Crippen molar-refractivity contribution in [3.05, 3.63) is 11.6 Å². The summed E-state index contributed by atoms with van der Waals surface area (Å²) in [5.41, 5.74) is -0.415. The number of carbonyl (C=O) groups is 2. The van der Waals surface area contributed by atoms with Crippen molar-refractivity contribution < 1.29 is 19.8 Å². The zero-order valence-corrected chi connectivity index (χ0v) is 16.3. The van der Waals surface area contributed by atoms with Gasteiger partial charge in [-0.25, -0.2) is 0 Å². The first-order valence-electron chi connectivity index (χ1n) is 10.3. The molecule has 0 saturated heterocycles. The van der Waals surface area contributed by atoms with E-state index in [9.17, 15) is 19.8 Å². The van der Waals surface area contributed by atoms with Gasteiger partial charge in [-0.15, -0.1) is 0 Å². The highest BCUT2D eigenvalue weighted by molar-refractivity contribution is 5.91. The number of allylic oxidation sites excluding steroid dienone is 1. The fourth-order valence-corrected chi connectivity index (χ4v) is 7.62. The van der Waals surface area contributed by atoms with Gasteiger partial charge in [-0.2, -0.15) is 0 Å². The third-order valence-electron chi connectivity index (χ3n) is 9.11. The van der Waals surface area contributed by atoms with Crippen LogP contribution in [0.5, 0.6) is 0 Å². The highest BCUT2D eigenvalue weighted by Gasteiger charge is 2.68. The van der Waals surface area contributed by atoms with E-state index in [1.807, 2.05) is 13.0 Å². The van der Waals surface area contributed by atoms with E-state index in [1.54, 1.807) is 0 Å². The number of aliphatic hydroxyl groups is 2. The molecule has 144 valence electrons. The van der Waals surface area contributed by atoms with Crippen molar-refractivity contribution in [2.45, 2.75) is 71.3 Å². The van der Waals surface area contributed by atoms with Crippen LogP contribution in [-0.2, 0) is 9.59 Å². The normalized spacial score (nSPS) is 50.5. The van der Waals surface area contributed by atoms with Gasteiger partial charge in [0.25, 0.3) is 0 Å². The molecule has 0 bridgehead atoms. The number of hydrogen-bond acceptors (Lipinski definition) is 4. The smallest absolute Gasteiger partial charge is 0.190 e. The van der Waals surface area contributed by atoms with Gasteiger partial charge in [0.1, 0.15) is 12.2 Å². The second-order valence-electron chi connectivity index (χ2n) is 9.91. The molecule has 4 nitrogen and oxygen atoms in total. The minimum atomic E-state index is -1.41. The highest BCUT2D eigenvalue weighted by atomic mass is 16.3.